The minimum atomic E-state index is -0.0809. The van der Waals surface area contributed by atoms with Gasteiger partial charge in [0.2, 0.25) is 0 Å². The van der Waals surface area contributed by atoms with Crippen LogP contribution >= 0.6 is 46.9 Å². The van der Waals surface area contributed by atoms with Crippen molar-refractivity contribution in [1.29, 1.82) is 0 Å². The Hall–Kier alpha value is -0.850. The van der Waals surface area contributed by atoms with Crippen molar-refractivity contribution >= 4 is 52.9 Å². The largest absolute Gasteiger partial charge is 0.333 e. The summed E-state index contributed by atoms with van der Waals surface area (Å²) in [6.45, 7) is 1.47. The van der Waals surface area contributed by atoms with Crippen molar-refractivity contribution in [2.24, 2.45) is 5.73 Å². The summed E-state index contributed by atoms with van der Waals surface area (Å²) in [5, 5.41) is 3.76. The number of halogens is 3. The Labute approximate surface area is 148 Å². The van der Waals surface area contributed by atoms with Crippen LogP contribution in [0.5, 0.6) is 0 Å². The molecule has 0 saturated heterocycles. The molecule has 2 N–H and O–H groups in total. The summed E-state index contributed by atoms with van der Waals surface area (Å²) in [4.78, 5) is 18.5. The number of aromatic nitrogens is 1. The summed E-state index contributed by atoms with van der Waals surface area (Å²) < 4.78 is 0. The topological polar surface area (TPSA) is 59.2 Å². The molecule has 1 aliphatic rings. The van der Waals surface area contributed by atoms with Crippen LogP contribution in [0, 0.1) is 0 Å². The van der Waals surface area contributed by atoms with Gasteiger partial charge in [-0.3, -0.25) is 4.79 Å². The van der Waals surface area contributed by atoms with Gasteiger partial charge in [0.15, 0.2) is 0 Å². The van der Waals surface area contributed by atoms with E-state index in [0.717, 1.165) is 22.6 Å². The number of hydrogen-bond donors (Lipinski definition) is 1. The number of amides is 1. The lowest BCUT2D eigenvalue weighted by Crippen LogP contribution is -2.36. The summed E-state index contributed by atoms with van der Waals surface area (Å²) in [5.41, 5.74) is 8.06. The molecule has 0 aliphatic carbocycles. The van der Waals surface area contributed by atoms with Gasteiger partial charge in [-0.2, -0.15) is 0 Å². The molecule has 0 spiro atoms. The van der Waals surface area contributed by atoms with E-state index >= 15 is 0 Å². The molecule has 1 aliphatic heterocycles. The zero-order chi connectivity index (χ0) is 15.0. The molecule has 1 aromatic heterocycles. The molecule has 2 heterocycles. The quantitative estimate of drug-likeness (QED) is 0.869. The number of rotatable bonds is 2. The molecule has 0 bridgehead atoms. The zero-order valence-electron chi connectivity index (χ0n) is 11.5. The first-order valence-corrected chi connectivity index (χ1v) is 8.12. The Bertz CT molecular complexity index is 705. The first-order valence-electron chi connectivity index (χ1n) is 6.49. The van der Waals surface area contributed by atoms with Crippen LogP contribution in [0.15, 0.2) is 17.5 Å². The maximum absolute atomic E-state index is 12.5. The van der Waals surface area contributed by atoms with Gasteiger partial charge < -0.3 is 10.6 Å². The van der Waals surface area contributed by atoms with Gasteiger partial charge in [0, 0.05) is 35.1 Å². The second kappa shape index (κ2) is 7.15. The average molecular weight is 379 g/mol. The molecular formula is C14H14Cl3N3OS. The monoisotopic (exact) mass is 377 g/mol. The van der Waals surface area contributed by atoms with Gasteiger partial charge in [-0.15, -0.1) is 23.7 Å². The molecule has 4 nitrogen and oxygen atoms in total. The highest BCUT2D eigenvalue weighted by atomic mass is 35.5. The zero-order valence-corrected chi connectivity index (χ0v) is 14.7. The van der Waals surface area contributed by atoms with Crippen LogP contribution in [0.25, 0.3) is 0 Å². The first kappa shape index (κ1) is 17.5. The normalized spacial score (nSPS) is 13.5. The minimum absolute atomic E-state index is 0. The molecule has 0 unspecified atom stereocenters. The SMILES string of the molecule is Cl.NCc1nc(C(=O)N2CCc3cc(Cl)cc(Cl)c3C2)cs1. The standard InChI is InChI=1S/C14H13Cl2N3OS.ClH/c15-9-3-8-1-2-19(6-10(8)11(16)4-9)14(20)12-7-21-13(5-17)18-12;/h3-4,7H,1-2,5-6,17H2;1H. The molecule has 22 heavy (non-hydrogen) atoms. The molecule has 1 aromatic carbocycles. The first-order chi connectivity index (χ1) is 10.1. The Morgan fingerprint density at radius 3 is 2.86 bits per heavy atom. The number of benzene rings is 1. The van der Waals surface area contributed by atoms with Crippen molar-refractivity contribution in [2.75, 3.05) is 6.54 Å². The molecule has 3 rings (SSSR count). The van der Waals surface area contributed by atoms with Crippen LogP contribution < -0.4 is 5.73 Å². The second-order valence-corrected chi connectivity index (χ2v) is 6.62. The predicted molar refractivity (Wildman–Crippen MR) is 92.2 cm³/mol. The fourth-order valence-electron chi connectivity index (χ4n) is 2.42. The number of carbonyl (C=O) groups is 1. The van der Waals surface area contributed by atoms with Crippen LogP contribution in [0.3, 0.4) is 0 Å². The molecule has 0 saturated carbocycles. The number of nitrogens with zero attached hydrogens (tertiary/aromatic N) is 2. The molecule has 2 aromatic rings. The summed E-state index contributed by atoms with van der Waals surface area (Å²) in [6.07, 6.45) is 0.745. The van der Waals surface area contributed by atoms with Crippen LogP contribution in [0.2, 0.25) is 10.0 Å². The Morgan fingerprint density at radius 1 is 1.41 bits per heavy atom. The van der Waals surface area contributed by atoms with E-state index in [1.54, 1.807) is 16.3 Å². The number of nitrogens with two attached hydrogens (primary N) is 1. The van der Waals surface area contributed by atoms with Gasteiger partial charge >= 0.3 is 0 Å². The van der Waals surface area contributed by atoms with Crippen LogP contribution in [0.1, 0.15) is 26.6 Å². The van der Waals surface area contributed by atoms with Crippen molar-refractivity contribution in [1.82, 2.24) is 9.88 Å². The van der Waals surface area contributed by atoms with Crippen molar-refractivity contribution in [3.05, 3.63) is 49.4 Å². The Morgan fingerprint density at radius 2 is 2.18 bits per heavy atom. The fraction of sp³-hybridized carbons (Fsp3) is 0.286. The summed E-state index contributed by atoms with van der Waals surface area (Å²) in [5.74, 6) is -0.0809. The van der Waals surface area contributed by atoms with Gasteiger partial charge in [-0.05, 0) is 29.7 Å². The predicted octanol–water partition coefficient (Wildman–Crippen LogP) is 3.53. The van der Waals surface area contributed by atoms with E-state index in [-0.39, 0.29) is 18.3 Å². The average Bonchev–Trinajstić information content (AvgIpc) is 2.95. The van der Waals surface area contributed by atoms with Crippen LogP contribution in [0.4, 0.5) is 0 Å². The highest BCUT2D eigenvalue weighted by molar-refractivity contribution is 7.09. The van der Waals surface area contributed by atoms with E-state index in [9.17, 15) is 4.79 Å². The summed E-state index contributed by atoms with van der Waals surface area (Å²) in [7, 11) is 0. The van der Waals surface area contributed by atoms with E-state index < -0.39 is 0 Å². The summed E-state index contributed by atoms with van der Waals surface area (Å²) in [6, 6.07) is 3.63. The molecular weight excluding hydrogens is 365 g/mol. The van der Waals surface area contributed by atoms with Gasteiger partial charge in [0.25, 0.3) is 5.91 Å². The lowest BCUT2D eigenvalue weighted by Gasteiger charge is -2.29. The number of hydrogen-bond acceptors (Lipinski definition) is 4. The molecule has 1 amide bonds. The maximum atomic E-state index is 12.5. The smallest absolute Gasteiger partial charge is 0.273 e. The second-order valence-electron chi connectivity index (χ2n) is 4.83. The highest BCUT2D eigenvalue weighted by Crippen LogP contribution is 2.30. The highest BCUT2D eigenvalue weighted by Gasteiger charge is 2.25. The van der Waals surface area contributed by atoms with Gasteiger partial charge in [-0.1, -0.05) is 23.2 Å². The third-order valence-electron chi connectivity index (χ3n) is 3.49. The van der Waals surface area contributed by atoms with E-state index in [1.165, 1.54) is 11.3 Å². The number of thiazole rings is 1. The van der Waals surface area contributed by atoms with Crippen molar-refractivity contribution < 1.29 is 4.79 Å². The Balaban J connectivity index is 0.00000176. The van der Waals surface area contributed by atoms with E-state index in [0.29, 0.717) is 35.4 Å². The van der Waals surface area contributed by atoms with Crippen LogP contribution in [-0.2, 0) is 19.5 Å². The molecule has 118 valence electrons. The number of carbonyl (C=O) groups excluding carboxylic acids is 1. The van der Waals surface area contributed by atoms with Crippen molar-refractivity contribution in [3.8, 4) is 0 Å². The van der Waals surface area contributed by atoms with Crippen molar-refractivity contribution in [2.45, 2.75) is 19.5 Å². The lowest BCUT2D eigenvalue weighted by atomic mass is 9.99. The molecule has 0 atom stereocenters. The maximum Gasteiger partial charge on any atom is 0.273 e. The van der Waals surface area contributed by atoms with E-state index in [4.69, 9.17) is 28.9 Å². The molecule has 8 heteroatoms. The Kier molecular flexibility index (Phi) is 5.69. The minimum Gasteiger partial charge on any atom is -0.333 e. The molecule has 0 fully saturated rings. The lowest BCUT2D eigenvalue weighted by molar-refractivity contribution is 0.0729. The van der Waals surface area contributed by atoms with Crippen LogP contribution in [-0.4, -0.2) is 22.3 Å². The van der Waals surface area contributed by atoms with Gasteiger partial charge in [0.05, 0.1) is 0 Å². The fourth-order valence-corrected chi connectivity index (χ4v) is 3.66. The molecule has 0 radical (unpaired) electrons. The summed E-state index contributed by atoms with van der Waals surface area (Å²) >= 11 is 13.7. The third-order valence-corrected chi connectivity index (χ3v) is 4.91. The number of fused-ring (bicyclic) bond motifs is 1. The van der Waals surface area contributed by atoms with E-state index in [1.807, 2.05) is 6.07 Å². The van der Waals surface area contributed by atoms with E-state index in [2.05, 4.69) is 4.98 Å². The van der Waals surface area contributed by atoms with Crippen molar-refractivity contribution in [3.63, 3.8) is 0 Å². The third kappa shape index (κ3) is 3.39. The van der Waals surface area contributed by atoms with Gasteiger partial charge in [-0.25, -0.2) is 4.98 Å². The van der Waals surface area contributed by atoms with Gasteiger partial charge in [0.1, 0.15) is 10.7 Å².